The number of carbonyl (C=O) groups excluding carboxylic acids is 2. The van der Waals surface area contributed by atoms with Crippen LogP contribution in [0.1, 0.15) is 59.3 Å². The number of nitrogens with zero attached hydrogens (tertiary/aromatic N) is 2. The molecular weight excluding hydrogens is 427 g/mol. The molecule has 0 aromatic rings. The Hall–Kier alpha value is 0.164. The summed E-state index contributed by atoms with van der Waals surface area (Å²) >= 11 is 0. The smallest absolute Gasteiger partial charge is 0.225 e. The first-order chi connectivity index (χ1) is 12.6. The molecule has 5 nitrogen and oxygen atoms in total. The minimum Gasteiger partial charge on any atom is -0.358 e. The van der Waals surface area contributed by atoms with Crippen LogP contribution in [0.5, 0.6) is 0 Å². The minimum absolute atomic E-state index is 0. The van der Waals surface area contributed by atoms with Crippen molar-refractivity contribution in [3.05, 3.63) is 7.43 Å². The molecule has 0 spiro atoms. The molecule has 1 unspecified atom stereocenters. The first kappa shape index (κ1) is 28.2. The third-order valence-corrected chi connectivity index (χ3v) is 6.35. The number of Topliss-reactive ketones (excluding diaryl/α,β-unsaturated/α-hetero) is 1. The first-order valence-corrected chi connectivity index (χ1v) is 10.9. The van der Waals surface area contributed by atoms with Gasteiger partial charge in [0, 0.05) is 70.7 Å². The molecule has 1 amide bonds. The average Bonchev–Trinajstić information content (AvgIpc) is 3.21. The fourth-order valence-electron chi connectivity index (χ4n) is 4.52. The van der Waals surface area contributed by atoms with Crippen LogP contribution in [-0.4, -0.2) is 67.3 Å². The number of nitrogens with one attached hydrogen (secondary N) is 1. The Morgan fingerprint density at radius 3 is 2.00 bits per heavy atom. The molecule has 161 valence electrons. The molecule has 1 atom stereocenters. The number of hydrogen-bond donors (Lipinski definition) is 1. The predicted octanol–water partition coefficient (Wildman–Crippen LogP) is 3.00. The molecule has 3 fully saturated rings. The zero-order chi connectivity index (χ0) is 18.9. The Morgan fingerprint density at radius 2 is 1.50 bits per heavy atom. The Labute approximate surface area is 198 Å². The molecule has 1 radical (unpaired) electrons. The summed E-state index contributed by atoms with van der Waals surface area (Å²) in [6, 6.07) is 0. The van der Waals surface area contributed by atoms with Crippen LogP contribution in [-0.2, 0) is 42.3 Å². The van der Waals surface area contributed by atoms with Crippen molar-refractivity contribution in [2.45, 2.75) is 59.3 Å². The van der Waals surface area contributed by atoms with E-state index in [2.05, 4.69) is 15.1 Å². The summed E-state index contributed by atoms with van der Waals surface area (Å²) in [5.74, 6) is 1.86. The van der Waals surface area contributed by atoms with E-state index >= 15 is 0 Å². The van der Waals surface area contributed by atoms with E-state index in [0.717, 1.165) is 57.8 Å². The minimum atomic E-state index is 0. The van der Waals surface area contributed by atoms with Crippen LogP contribution in [0, 0.1) is 25.2 Å². The van der Waals surface area contributed by atoms with E-state index in [4.69, 9.17) is 0 Å². The van der Waals surface area contributed by atoms with E-state index in [-0.39, 0.29) is 52.0 Å². The monoisotopic (exact) mass is 469 g/mol. The summed E-state index contributed by atoms with van der Waals surface area (Å²) in [5.41, 5.74) is 0. The van der Waals surface area contributed by atoms with Gasteiger partial charge in [0.05, 0.1) is 0 Å². The molecule has 1 aliphatic carbocycles. The number of amides is 1. The zero-order valence-electron chi connectivity index (χ0n) is 18.7. The van der Waals surface area contributed by atoms with Gasteiger partial charge in [-0.1, -0.05) is 13.8 Å². The molecule has 0 aromatic heterocycles. The summed E-state index contributed by atoms with van der Waals surface area (Å²) in [4.78, 5) is 28.8. The standard InChI is InChI=1S/C19H33N3O2.C2H6.CH3.Y/c1-15(23)17-2-4-18(5-3-17)19(24)22-12-10-21(11-13-22)9-7-16-6-8-20-14-16;1-2;;/h16-18,20H,2-14H2,1H3;1-2H3;1H3;/q;;-1;. The quantitative estimate of drug-likeness (QED) is 0.629. The molecule has 3 aliphatic rings. The van der Waals surface area contributed by atoms with E-state index in [0.29, 0.717) is 11.7 Å². The van der Waals surface area contributed by atoms with Gasteiger partial charge in [-0.25, -0.2) is 0 Å². The van der Waals surface area contributed by atoms with Gasteiger partial charge < -0.3 is 17.6 Å². The molecule has 1 saturated carbocycles. The van der Waals surface area contributed by atoms with Crippen molar-refractivity contribution in [3.8, 4) is 0 Å². The fourth-order valence-corrected chi connectivity index (χ4v) is 4.52. The summed E-state index contributed by atoms with van der Waals surface area (Å²) in [6.45, 7) is 13.0. The van der Waals surface area contributed by atoms with Crippen molar-refractivity contribution in [3.63, 3.8) is 0 Å². The van der Waals surface area contributed by atoms with Gasteiger partial charge in [-0.15, -0.1) is 0 Å². The summed E-state index contributed by atoms with van der Waals surface area (Å²) in [5, 5.41) is 3.44. The van der Waals surface area contributed by atoms with Crippen molar-refractivity contribution in [2.24, 2.45) is 17.8 Å². The maximum Gasteiger partial charge on any atom is 0.225 e. The number of hydrogen-bond acceptors (Lipinski definition) is 4. The van der Waals surface area contributed by atoms with Crippen LogP contribution in [0.15, 0.2) is 0 Å². The molecule has 2 heterocycles. The largest absolute Gasteiger partial charge is 0.358 e. The predicted molar refractivity (Wildman–Crippen MR) is 113 cm³/mol. The normalized spacial score (nSPS) is 27.7. The Balaban J connectivity index is 0.00000177. The van der Waals surface area contributed by atoms with Gasteiger partial charge in [-0.2, -0.15) is 0 Å². The number of rotatable bonds is 5. The molecular formula is C22H42N3O2Y-. The van der Waals surface area contributed by atoms with E-state index in [1.165, 1.54) is 32.5 Å². The van der Waals surface area contributed by atoms with E-state index < -0.39 is 0 Å². The van der Waals surface area contributed by atoms with Gasteiger partial charge in [0.25, 0.3) is 0 Å². The van der Waals surface area contributed by atoms with E-state index in [1.54, 1.807) is 6.92 Å². The van der Waals surface area contributed by atoms with Gasteiger partial charge in [0.2, 0.25) is 5.91 Å². The Kier molecular flexibility index (Phi) is 15.1. The molecule has 2 aliphatic heterocycles. The van der Waals surface area contributed by atoms with Gasteiger partial charge >= 0.3 is 0 Å². The van der Waals surface area contributed by atoms with Crippen LogP contribution in [0.25, 0.3) is 0 Å². The van der Waals surface area contributed by atoms with Crippen molar-refractivity contribution >= 4 is 11.7 Å². The second-order valence-corrected chi connectivity index (χ2v) is 7.97. The first-order valence-electron chi connectivity index (χ1n) is 10.9. The van der Waals surface area contributed by atoms with Crippen LogP contribution in [0.2, 0.25) is 0 Å². The van der Waals surface area contributed by atoms with Gasteiger partial charge in [0.1, 0.15) is 5.78 Å². The molecule has 28 heavy (non-hydrogen) atoms. The van der Waals surface area contributed by atoms with Gasteiger partial charge in [-0.3, -0.25) is 14.5 Å². The SMILES string of the molecule is CC.CC(=O)C1CCC(C(=O)N2CCN(CCC3CCNC3)CC2)CC1.[CH3-].[Y]. The number of carbonyl (C=O) groups is 2. The Bertz CT molecular complexity index is 439. The summed E-state index contributed by atoms with van der Waals surface area (Å²) in [7, 11) is 0. The van der Waals surface area contributed by atoms with Crippen molar-refractivity contribution < 1.29 is 42.3 Å². The summed E-state index contributed by atoms with van der Waals surface area (Å²) < 4.78 is 0. The topological polar surface area (TPSA) is 52.7 Å². The summed E-state index contributed by atoms with van der Waals surface area (Å²) in [6.07, 6.45) is 6.22. The molecule has 3 rings (SSSR count). The van der Waals surface area contributed by atoms with E-state index in [1.807, 2.05) is 13.8 Å². The van der Waals surface area contributed by atoms with E-state index in [9.17, 15) is 9.59 Å². The second kappa shape index (κ2) is 15.0. The van der Waals surface area contributed by atoms with Crippen molar-refractivity contribution in [1.82, 2.24) is 15.1 Å². The van der Waals surface area contributed by atoms with Gasteiger partial charge in [0.15, 0.2) is 0 Å². The third kappa shape index (κ3) is 8.49. The second-order valence-electron chi connectivity index (χ2n) is 7.97. The van der Waals surface area contributed by atoms with Crippen molar-refractivity contribution in [2.75, 3.05) is 45.8 Å². The third-order valence-electron chi connectivity index (χ3n) is 6.35. The van der Waals surface area contributed by atoms with Crippen LogP contribution in [0.4, 0.5) is 0 Å². The molecule has 6 heteroatoms. The average molecular weight is 470 g/mol. The van der Waals surface area contributed by atoms with Crippen LogP contribution >= 0.6 is 0 Å². The number of piperazine rings is 1. The van der Waals surface area contributed by atoms with Gasteiger partial charge in [-0.05, 0) is 71.0 Å². The number of ketones is 1. The molecule has 0 aromatic carbocycles. The van der Waals surface area contributed by atoms with Crippen LogP contribution in [0.3, 0.4) is 0 Å². The maximum atomic E-state index is 12.7. The molecule has 2 saturated heterocycles. The van der Waals surface area contributed by atoms with Crippen LogP contribution < -0.4 is 5.32 Å². The Morgan fingerprint density at radius 1 is 0.929 bits per heavy atom. The molecule has 1 N–H and O–H groups in total. The van der Waals surface area contributed by atoms with Crippen molar-refractivity contribution in [1.29, 1.82) is 0 Å². The maximum absolute atomic E-state index is 12.7. The zero-order valence-corrected chi connectivity index (χ0v) is 21.6. The fraction of sp³-hybridized carbons (Fsp3) is 0.864. The molecule has 0 bridgehead atoms.